The molecule has 3 atom stereocenters. The average Bonchev–Trinajstić information content (AvgIpc) is 2.31. The van der Waals surface area contributed by atoms with E-state index in [0.717, 1.165) is 12.0 Å². The molecule has 0 spiro atoms. The second-order valence-electron chi connectivity index (χ2n) is 7.02. The predicted octanol–water partition coefficient (Wildman–Crippen LogP) is 1.66. The van der Waals surface area contributed by atoms with Gasteiger partial charge in [-0.05, 0) is 52.0 Å². The fourth-order valence-electron chi connectivity index (χ4n) is 3.27. The highest BCUT2D eigenvalue weighted by Gasteiger charge is 2.67. The first-order valence-corrected chi connectivity index (χ1v) is 6.85. The van der Waals surface area contributed by atoms with E-state index >= 15 is 0 Å². The molecular formula is C15H24O4. The van der Waals surface area contributed by atoms with Crippen LogP contribution in [0.5, 0.6) is 0 Å². The number of fused-ring (bicyclic) bond motifs is 1. The van der Waals surface area contributed by atoms with E-state index in [1.54, 1.807) is 20.8 Å². The molecule has 0 aromatic heterocycles. The Morgan fingerprint density at radius 2 is 2.16 bits per heavy atom. The van der Waals surface area contributed by atoms with Crippen LogP contribution in [0.25, 0.3) is 0 Å². The molecule has 0 aromatic rings. The Balaban J connectivity index is 2.14. The Hall–Kier alpha value is -0.870. The van der Waals surface area contributed by atoms with Crippen LogP contribution in [0.2, 0.25) is 0 Å². The minimum atomic E-state index is -1.01. The van der Waals surface area contributed by atoms with Crippen LogP contribution in [0.1, 0.15) is 40.5 Å². The zero-order valence-electron chi connectivity index (χ0n) is 12.2. The van der Waals surface area contributed by atoms with Crippen molar-refractivity contribution < 1.29 is 19.7 Å². The van der Waals surface area contributed by atoms with Gasteiger partial charge in [0.15, 0.2) is 0 Å². The number of carbonyl (C=O) groups is 1. The van der Waals surface area contributed by atoms with Gasteiger partial charge >= 0.3 is 5.97 Å². The summed E-state index contributed by atoms with van der Waals surface area (Å²) >= 11 is 0. The highest BCUT2D eigenvalue weighted by Crippen LogP contribution is 2.62. The van der Waals surface area contributed by atoms with Crippen LogP contribution < -0.4 is 0 Å². The van der Waals surface area contributed by atoms with Crippen molar-refractivity contribution in [1.29, 1.82) is 0 Å². The maximum absolute atomic E-state index is 11.9. The SMILES string of the molecule is CC1=CCC2CC1(O)[C@@]2(CO)COC(=O)C(C)(C)C. The maximum Gasteiger partial charge on any atom is 0.311 e. The third-order valence-electron chi connectivity index (χ3n) is 4.86. The van der Waals surface area contributed by atoms with Gasteiger partial charge in [0.2, 0.25) is 0 Å². The summed E-state index contributed by atoms with van der Waals surface area (Å²) in [6.45, 7) is 7.20. The van der Waals surface area contributed by atoms with Gasteiger partial charge in [-0.3, -0.25) is 4.79 Å². The zero-order chi connectivity index (χ0) is 14.5. The summed E-state index contributed by atoms with van der Waals surface area (Å²) in [5.74, 6) is -0.102. The number of aliphatic hydroxyl groups excluding tert-OH is 1. The summed E-state index contributed by atoms with van der Waals surface area (Å²) in [7, 11) is 0. The molecule has 4 nitrogen and oxygen atoms in total. The van der Waals surface area contributed by atoms with Crippen LogP contribution in [0, 0.1) is 16.7 Å². The first-order valence-electron chi connectivity index (χ1n) is 6.85. The van der Waals surface area contributed by atoms with Crippen molar-refractivity contribution in [2.75, 3.05) is 13.2 Å². The minimum absolute atomic E-state index is 0.0892. The van der Waals surface area contributed by atoms with Gasteiger partial charge in [-0.15, -0.1) is 0 Å². The average molecular weight is 268 g/mol. The Labute approximate surface area is 114 Å². The van der Waals surface area contributed by atoms with Crippen LogP contribution in [0.3, 0.4) is 0 Å². The van der Waals surface area contributed by atoms with Crippen molar-refractivity contribution in [3.63, 3.8) is 0 Å². The van der Waals surface area contributed by atoms with Gasteiger partial charge in [0, 0.05) is 0 Å². The number of esters is 1. The number of hydrogen-bond acceptors (Lipinski definition) is 4. The van der Waals surface area contributed by atoms with Gasteiger partial charge < -0.3 is 14.9 Å². The molecule has 108 valence electrons. The molecule has 2 bridgehead atoms. The van der Waals surface area contributed by atoms with Crippen molar-refractivity contribution in [3.05, 3.63) is 11.6 Å². The molecule has 2 unspecified atom stereocenters. The van der Waals surface area contributed by atoms with E-state index in [2.05, 4.69) is 0 Å². The fourth-order valence-corrected chi connectivity index (χ4v) is 3.27. The molecule has 0 radical (unpaired) electrons. The number of carbonyl (C=O) groups excluding carboxylic acids is 1. The van der Waals surface area contributed by atoms with Crippen molar-refractivity contribution in [1.82, 2.24) is 0 Å². The first kappa shape index (κ1) is 14.5. The van der Waals surface area contributed by atoms with Crippen molar-refractivity contribution in [2.24, 2.45) is 16.7 Å². The number of ether oxygens (including phenoxy) is 1. The van der Waals surface area contributed by atoms with E-state index in [0.29, 0.717) is 6.42 Å². The summed E-state index contributed by atoms with van der Waals surface area (Å²) < 4.78 is 5.37. The highest BCUT2D eigenvalue weighted by atomic mass is 16.5. The van der Waals surface area contributed by atoms with Crippen LogP contribution in [-0.4, -0.2) is 35.0 Å². The Kier molecular flexibility index (Phi) is 3.30. The molecule has 0 saturated heterocycles. The summed E-state index contributed by atoms with van der Waals surface area (Å²) in [6.07, 6.45) is 3.51. The molecule has 1 saturated carbocycles. The lowest BCUT2D eigenvalue weighted by molar-refractivity contribution is -0.237. The lowest BCUT2D eigenvalue weighted by atomic mass is 9.45. The van der Waals surface area contributed by atoms with Crippen LogP contribution in [0.15, 0.2) is 11.6 Å². The lowest BCUT2D eigenvalue weighted by Gasteiger charge is -2.63. The molecule has 4 heteroatoms. The zero-order valence-corrected chi connectivity index (χ0v) is 12.2. The van der Waals surface area contributed by atoms with Crippen LogP contribution in [-0.2, 0) is 9.53 Å². The molecule has 0 aliphatic heterocycles. The second kappa shape index (κ2) is 4.32. The smallest absolute Gasteiger partial charge is 0.311 e. The molecule has 3 rings (SSSR count). The summed E-state index contributed by atoms with van der Waals surface area (Å²) in [6, 6.07) is 0. The van der Waals surface area contributed by atoms with Crippen LogP contribution in [0.4, 0.5) is 0 Å². The van der Waals surface area contributed by atoms with Crippen molar-refractivity contribution in [3.8, 4) is 0 Å². The molecule has 0 amide bonds. The number of aliphatic hydroxyl groups is 2. The molecule has 1 fully saturated rings. The van der Waals surface area contributed by atoms with Crippen molar-refractivity contribution >= 4 is 5.97 Å². The number of allylic oxidation sites excluding steroid dienone is 1. The van der Waals surface area contributed by atoms with E-state index in [9.17, 15) is 15.0 Å². The molecular weight excluding hydrogens is 244 g/mol. The highest BCUT2D eigenvalue weighted by molar-refractivity contribution is 5.75. The van der Waals surface area contributed by atoms with E-state index in [-0.39, 0.29) is 25.1 Å². The monoisotopic (exact) mass is 268 g/mol. The molecule has 2 N–H and O–H groups in total. The number of hydrogen-bond donors (Lipinski definition) is 2. The third kappa shape index (κ3) is 1.93. The summed E-state index contributed by atoms with van der Waals surface area (Å²) in [5, 5.41) is 20.5. The number of rotatable bonds is 3. The van der Waals surface area contributed by atoms with Gasteiger partial charge in [0.05, 0.1) is 23.0 Å². The molecule has 19 heavy (non-hydrogen) atoms. The largest absolute Gasteiger partial charge is 0.464 e. The molecule has 3 aliphatic rings. The Morgan fingerprint density at radius 1 is 1.53 bits per heavy atom. The van der Waals surface area contributed by atoms with E-state index in [1.165, 1.54) is 0 Å². The van der Waals surface area contributed by atoms with E-state index < -0.39 is 16.4 Å². The topological polar surface area (TPSA) is 66.8 Å². The van der Waals surface area contributed by atoms with Gasteiger partial charge in [-0.2, -0.15) is 0 Å². The Morgan fingerprint density at radius 3 is 2.63 bits per heavy atom. The van der Waals surface area contributed by atoms with E-state index in [4.69, 9.17) is 4.74 Å². The Bertz CT molecular complexity index is 420. The maximum atomic E-state index is 11.9. The molecule has 3 aliphatic carbocycles. The van der Waals surface area contributed by atoms with Crippen LogP contribution >= 0.6 is 0 Å². The molecule has 0 heterocycles. The lowest BCUT2D eigenvalue weighted by Crippen LogP contribution is -2.70. The predicted molar refractivity (Wildman–Crippen MR) is 71.4 cm³/mol. The van der Waals surface area contributed by atoms with Gasteiger partial charge in [0.25, 0.3) is 0 Å². The van der Waals surface area contributed by atoms with Gasteiger partial charge in [-0.25, -0.2) is 0 Å². The standard InChI is InChI=1S/C15H24O4/c1-10-5-6-11-7-15(10,18)14(11,8-16)9-19-12(17)13(2,3)4/h5,11,16,18H,6-9H2,1-4H3/t11?,14-,15?/m0/s1. The minimum Gasteiger partial charge on any atom is -0.464 e. The quantitative estimate of drug-likeness (QED) is 0.603. The second-order valence-corrected chi connectivity index (χ2v) is 7.02. The van der Waals surface area contributed by atoms with Gasteiger partial charge in [-0.1, -0.05) is 6.08 Å². The normalized spacial score (nSPS) is 37.4. The van der Waals surface area contributed by atoms with E-state index in [1.807, 2.05) is 13.0 Å². The summed E-state index contributed by atoms with van der Waals surface area (Å²) in [5.41, 5.74) is -1.41. The molecule has 0 aromatic carbocycles. The fraction of sp³-hybridized carbons (Fsp3) is 0.800. The summed E-state index contributed by atoms with van der Waals surface area (Å²) in [4.78, 5) is 11.9. The first-order chi connectivity index (χ1) is 8.67. The third-order valence-corrected chi connectivity index (χ3v) is 4.86. The van der Waals surface area contributed by atoms with Gasteiger partial charge in [0.1, 0.15) is 6.61 Å². The van der Waals surface area contributed by atoms with Crippen molar-refractivity contribution in [2.45, 2.75) is 46.1 Å².